The minimum Gasteiger partial charge on any atom is -0.444 e. The fraction of sp³-hybridized carbons (Fsp3) is 0.941. The van der Waals surface area contributed by atoms with E-state index in [4.69, 9.17) is 10.5 Å². The first kappa shape index (κ1) is 18.3. The quantitative estimate of drug-likeness (QED) is 0.862. The molecule has 1 atom stereocenters. The van der Waals surface area contributed by atoms with Gasteiger partial charge in [-0.25, -0.2) is 4.79 Å². The first-order valence-electron chi connectivity index (χ1n) is 8.08. The van der Waals surface area contributed by atoms with Crippen molar-refractivity contribution in [1.82, 2.24) is 4.90 Å². The van der Waals surface area contributed by atoms with Crippen LogP contribution in [0.3, 0.4) is 0 Å². The summed E-state index contributed by atoms with van der Waals surface area (Å²) in [7, 11) is 0. The molecule has 1 aliphatic rings. The van der Waals surface area contributed by atoms with Crippen LogP contribution in [0, 0.1) is 10.8 Å². The van der Waals surface area contributed by atoms with Crippen LogP contribution in [-0.4, -0.2) is 35.7 Å². The SMILES string of the molecule is CC1(C)CCC(C(C)(C)CCN)N(C(=O)OC(C)(C)C)C1. The van der Waals surface area contributed by atoms with Gasteiger partial charge in [0.15, 0.2) is 0 Å². The summed E-state index contributed by atoms with van der Waals surface area (Å²) >= 11 is 0. The molecule has 0 aromatic heterocycles. The minimum absolute atomic E-state index is 0.0160. The van der Waals surface area contributed by atoms with Gasteiger partial charge in [0.1, 0.15) is 5.60 Å². The first-order valence-corrected chi connectivity index (χ1v) is 8.08. The fourth-order valence-electron chi connectivity index (χ4n) is 3.20. The van der Waals surface area contributed by atoms with Crippen LogP contribution in [0.2, 0.25) is 0 Å². The molecule has 0 aliphatic carbocycles. The predicted molar refractivity (Wildman–Crippen MR) is 87.2 cm³/mol. The lowest BCUT2D eigenvalue weighted by molar-refractivity contribution is -0.0330. The molecule has 0 radical (unpaired) electrons. The fourth-order valence-corrected chi connectivity index (χ4v) is 3.20. The van der Waals surface area contributed by atoms with E-state index in [1.807, 2.05) is 25.7 Å². The highest BCUT2D eigenvalue weighted by molar-refractivity contribution is 5.69. The van der Waals surface area contributed by atoms with Crippen molar-refractivity contribution in [2.24, 2.45) is 16.6 Å². The van der Waals surface area contributed by atoms with Crippen molar-refractivity contribution in [3.05, 3.63) is 0 Å². The number of ether oxygens (including phenoxy) is 1. The molecule has 0 aromatic carbocycles. The molecule has 0 aromatic rings. The number of likely N-dealkylation sites (tertiary alicyclic amines) is 1. The molecule has 1 amide bonds. The summed E-state index contributed by atoms with van der Waals surface area (Å²) < 4.78 is 5.63. The van der Waals surface area contributed by atoms with Crippen molar-refractivity contribution < 1.29 is 9.53 Å². The minimum atomic E-state index is -0.457. The largest absolute Gasteiger partial charge is 0.444 e. The third-order valence-electron chi connectivity index (χ3n) is 4.39. The standard InChI is InChI=1S/C17H34N2O2/c1-15(2,3)21-14(20)19-12-16(4,5)9-8-13(19)17(6,7)10-11-18/h13H,8-12,18H2,1-7H3. The highest BCUT2D eigenvalue weighted by atomic mass is 16.6. The van der Waals surface area contributed by atoms with Gasteiger partial charge in [0.2, 0.25) is 0 Å². The number of piperidine rings is 1. The van der Waals surface area contributed by atoms with Gasteiger partial charge >= 0.3 is 6.09 Å². The van der Waals surface area contributed by atoms with Gasteiger partial charge in [0.05, 0.1) is 0 Å². The number of hydrogen-bond acceptors (Lipinski definition) is 3. The molecular formula is C17H34N2O2. The lowest BCUT2D eigenvalue weighted by atomic mass is 9.71. The van der Waals surface area contributed by atoms with Crippen LogP contribution in [0.25, 0.3) is 0 Å². The number of rotatable bonds is 3. The molecule has 124 valence electrons. The van der Waals surface area contributed by atoms with Crippen LogP contribution in [0.15, 0.2) is 0 Å². The van der Waals surface area contributed by atoms with E-state index in [2.05, 4.69) is 27.7 Å². The maximum Gasteiger partial charge on any atom is 0.410 e. The van der Waals surface area contributed by atoms with E-state index in [0.717, 1.165) is 25.8 Å². The molecule has 4 nitrogen and oxygen atoms in total. The molecular weight excluding hydrogens is 264 g/mol. The van der Waals surface area contributed by atoms with Crippen LogP contribution in [0.5, 0.6) is 0 Å². The Morgan fingerprint density at radius 2 is 1.86 bits per heavy atom. The molecule has 4 heteroatoms. The number of carbonyl (C=O) groups is 1. The van der Waals surface area contributed by atoms with E-state index in [0.29, 0.717) is 6.54 Å². The van der Waals surface area contributed by atoms with Crippen LogP contribution < -0.4 is 5.73 Å². The average molecular weight is 298 g/mol. The van der Waals surface area contributed by atoms with E-state index in [-0.39, 0.29) is 23.0 Å². The number of carbonyl (C=O) groups excluding carboxylic acids is 1. The zero-order valence-electron chi connectivity index (χ0n) is 15.0. The van der Waals surface area contributed by atoms with Crippen LogP contribution in [-0.2, 0) is 4.74 Å². The molecule has 2 N–H and O–H groups in total. The van der Waals surface area contributed by atoms with E-state index in [1.165, 1.54) is 0 Å². The number of hydrogen-bond donors (Lipinski definition) is 1. The molecule has 0 spiro atoms. The second-order valence-electron chi connectivity index (χ2n) is 8.85. The van der Waals surface area contributed by atoms with E-state index in [9.17, 15) is 4.79 Å². The second-order valence-corrected chi connectivity index (χ2v) is 8.85. The topological polar surface area (TPSA) is 55.6 Å². The first-order chi connectivity index (χ1) is 9.38. The van der Waals surface area contributed by atoms with E-state index < -0.39 is 5.60 Å². The Morgan fingerprint density at radius 1 is 1.29 bits per heavy atom. The molecule has 21 heavy (non-hydrogen) atoms. The Bertz CT molecular complexity index is 369. The van der Waals surface area contributed by atoms with Crippen molar-refractivity contribution in [2.75, 3.05) is 13.1 Å². The third kappa shape index (κ3) is 5.17. The number of nitrogens with two attached hydrogens (primary N) is 1. The summed E-state index contributed by atoms with van der Waals surface area (Å²) in [4.78, 5) is 14.6. The predicted octanol–water partition coefficient (Wildman–Crippen LogP) is 3.79. The Morgan fingerprint density at radius 3 is 2.33 bits per heavy atom. The van der Waals surface area contributed by atoms with Crippen LogP contribution in [0.4, 0.5) is 4.79 Å². The van der Waals surface area contributed by atoms with Gasteiger partial charge in [0, 0.05) is 12.6 Å². The molecule has 1 fully saturated rings. The van der Waals surface area contributed by atoms with Crippen LogP contribution in [0.1, 0.15) is 67.7 Å². The van der Waals surface area contributed by atoms with Gasteiger partial charge in [-0.2, -0.15) is 0 Å². The Kier molecular flexibility index (Phi) is 5.36. The van der Waals surface area contributed by atoms with Crippen molar-refractivity contribution in [3.63, 3.8) is 0 Å². The molecule has 1 heterocycles. The summed E-state index contributed by atoms with van der Waals surface area (Å²) in [5.74, 6) is 0. The Hall–Kier alpha value is -0.770. The zero-order chi connectivity index (χ0) is 16.5. The summed E-state index contributed by atoms with van der Waals surface area (Å²) in [5.41, 5.74) is 5.47. The maximum atomic E-state index is 12.6. The number of amides is 1. The monoisotopic (exact) mass is 298 g/mol. The summed E-state index contributed by atoms with van der Waals surface area (Å²) in [5, 5.41) is 0. The van der Waals surface area contributed by atoms with Crippen molar-refractivity contribution in [2.45, 2.75) is 79.4 Å². The van der Waals surface area contributed by atoms with E-state index in [1.54, 1.807) is 0 Å². The van der Waals surface area contributed by atoms with Gasteiger partial charge < -0.3 is 15.4 Å². The van der Waals surface area contributed by atoms with Gasteiger partial charge in [-0.05, 0) is 57.4 Å². The van der Waals surface area contributed by atoms with Gasteiger partial charge in [-0.1, -0.05) is 27.7 Å². The maximum absolute atomic E-state index is 12.6. The highest BCUT2D eigenvalue weighted by Gasteiger charge is 2.43. The Labute approximate surface area is 130 Å². The van der Waals surface area contributed by atoms with Crippen molar-refractivity contribution >= 4 is 6.09 Å². The van der Waals surface area contributed by atoms with Gasteiger partial charge in [-0.3, -0.25) is 0 Å². The van der Waals surface area contributed by atoms with Crippen molar-refractivity contribution in [3.8, 4) is 0 Å². The average Bonchev–Trinajstić information content (AvgIpc) is 2.24. The highest BCUT2D eigenvalue weighted by Crippen LogP contribution is 2.41. The summed E-state index contributed by atoms with van der Waals surface area (Å²) in [6.45, 7) is 16.0. The molecule has 1 saturated heterocycles. The smallest absolute Gasteiger partial charge is 0.410 e. The molecule has 0 bridgehead atoms. The van der Waals surface area contributed by atoms with Gasteiger partial charge in [-0.15, -0.1) is 0 Å². The zero-order valence-corrected chi connectivity index (χ0v) is 15.0. The summed E-state index contributed by atoms with van der Waals surface area (Å²) in [6.07, 6.45) is 2.87. The Balaban J connectivity index is 2.97. The second kappa shape index (κ2) is 6.15. The third-order valence-corrected chi connectivity index (χ3v) is 4.39. The molecule has 1 aliphatic heterocycles. The van der Waals surface area contributed by atoms with Gasteiger partial charge in [0.25, 0.3) is 0 Å². The lowest BCUT2D eigenvalue weighted by Crippen LogP contribution is -2.56. The molecule has 1 unspecified atom stereocenters. The van der Waals surface area contributed by atoms with E-state index >= 15 is 0 Å². The van der Waals surface area contributed by atoms with Crippen LogP contribution >= 0.6 is 0 Å². The normalized spacial score (nSPS) is 23.0. The molecule has 0 saturated carbocycles. The summed E-state index contributed by atoms with van der Waals surface area (Å²) in [6, 6.07) is 0.198. The number of nitrogens with zero attached hydrogens (tertiary/aromatic N) is 1. The lowest BCUT2D eigenvalue weighted by Gasteiger charge is -2.49. The molecule has 1 rings (SSSR count). The van der Waals surface area contributed by atoms with Crippen molar-refractivity contribution in [1.29, 1.82) is 0 Å².